The zero-order chi connectivity index (χ0) is 19.2. The van der Waals surface area contributed by atoms with Gasteiger partial charge in [-0.15, -0.1) is 0 Å². The quantitative estimate of drug-likeness (QED) is 0.515. The molecule has 3 aromatic carbocycles. The molecule has 0 aliphatic heterocycles. The van der Waals surface area contributed by atoms with Gasteiger partial charge in [0.25, 0.3) is 5.91 Å². The lowest BCUT2D eigenvalue weighted by Crippen LogP contribution is -2.25. The van der Waals surface area contributed by atoms with E-state index in [0.717, 1.165) is 5.56 Å². The molecular weight excluding hydrogens is 430 g/mol. The number of hydrogen-bond donors (Lipinski definition) is 1. The molecule has 4 nitrogen and oxygen atoms in total. The Hall–Kier alpha value is -2.50. The molecule has 27 heavy (non-hydrogen) atoms. The van der Waals surface area contributed by atoms with Crippen LogP contribution in [0.2, 0.25) is 5.02 Å². The molecule has 0 bridgehead atoms. The maximum Gasteiger partial charge on any atom is 0.270 e. The first-order chi connectivity index (χ1) is 13.1. The number of ether oxygens (including phenoxy) is 2. The molecule has 1 amide bonds. The summed E-state index contributed by atoms with van der Waals surface area (Å²) in [5.74, 6) is 0.959. The van der Waals surface area contributed by atoms with Gasteiger partial charge in [0, 0.05) is 16.3 Å². The number of methoxy groups -OCH3 is 1. The van der Waals surface area contributed by atoms with Gasteiger partial charge in [-0.2, -0.15) is 0 Å². The van der Waals surface area contributed by atoms with Gasteiger partial charge in [-0.1, -0.05) is 41.9 Å². The van der Waals surface area contributed by atoms with Crippen LogP contribution in [0.1, 0.15) is 11.7 Å². The molecule has 0 aromatic heterocycles. The van der Waals surface area contributed by atoms with Crippen LogP contribution in [0.15, 0.2) is 77.3 Å². The summed E-state index contributed by atoms with van der Waals surface area (Å²) in [5, 5.41) is 3.46. The van der Waals surface area contributed by atoms with E-state index < -0.39 is 6.10 Å². The molecule has 138 valence electrons. The third-order valence-electron chi connectivity index (χ3n) is 3.84. The molecule has 3 aromatic rings. The van der Waals surface area contributed by atoms with E-state index in [-0.39, 0.29) is 5.91 Å². The first kappa shape index (κ1) is 19.3. The minimum Gasteiger partial charge on any atom is -0.497 e. The average molecular weight is 447 g/mol. The molecule has 1 atom stereocenters. The smallest absolute Gasteiger partial charge is 0.270 e. The minimum absolute atomic E-state index is 0.284. The van der Waals surface area contributed by atoms with Crippen LogP contribution in [0.5, 0.6) is 11.5 Å². The van der Waals surface area contributed by atoms with Gasteiger partial charge in [-0.3, -0.25) is 4.79 Å². The number of hydrogen-bond acceptors (Lipinski definition) is 3. The maximum absolute atomic E-state index is 12.9. The van der Waals surface area contributed by atoms with E-state index in [4.69, 9.17) is 21.1 Å². The van der Waals surface area contributed by atoms with Crippen LogP contribution in [0, 0.1) is 0 Å². The summed E-state index contributed by atoms with van der Waals surface area (Å²) < 4.78 is 11.8. The third-order valence-corrected chi connectivity index (χ3v) is 4.69. The van der Waals surface area contributed by atoms with Gasteiger partial charge in [0.05, 0.1) is 11.6 Å². The predicted octanol–water partition coefficient (Wildman–Crippen LogP) is 5.87. The molecule has 0 spiro atoms. The van der Waals surface area contributed by atoms with Crippen molar-refractivity contribution in [2.45, 2.75) is 6.10 Å². The first-order valence-corrected chi connectivity index (χ1v) is 9.35. The van der Waals surface area contributed by atoms with E-state index in [1.807, 2.05) is 30.3 Å². The lowest BCUT2D eigenvalue weighted by molar-refractivity contribution is -0.123. The first-order valence-electron chi connectivity index (χ1n) is 8.18. The Kier molecular flexibility index (Phi) is 6.37. The summed E-state index contributed by atoms with van der Waals surface area (Å²) in [4.78, 5) is 12.9. The molecule has 3 rings (SSSR count). The average Bonchev–Trinajstić information content (AvgIpc) is 2.68. The zero-order valence-electron chi connectivity index (χ0n) is 14.5. The van der Waals surface area contributed by atoms with Crippen molar-refractivity contribution >= 4 is 39.1 Å². The van der Waals surface area contributed by atoms with Crippen LogP contribution in [-0.4, -0.2) is 13.0 Å². The van der Waals surface area contributed by atoms with Crippen molar-refractivity contribution < 1.29 is 14.3 Å². The Labute approximate surface area is 171 Å². The van der Waals surface area contributed by atoms with Crippen molar-refractivity contribution in [3.8, 4) is 11.5 Å². The van der Waals surface area contributed by atoms with E-state index in [1.54, 1.807) is 49.6 Å². The summed E-state index contributed by atoms with van der Waals surface area (Å²) >= 11 is 9.41. The van der Waals surface area contributed by atoms with Gasteiger partial charge >= 0.3 is 0 Å². The molecule has 0 saturated heterocycles. The van der Waals surface area contributed by atoms with Gasteiger partial charge in [-0.25, -0.2) is 0 Å². The van der Waals surface area contributed by atoms with Gasteiger partial charge < -0.3 is 14.8 Å². The highest BCUT2D eigenvalue weighted by atomic mass is 79.9. The fourth-order valence-corrected chi connectivity index (χ4v) is 3.26. The summed E-state index contributed by atoms with van der Waals surface area (Å²) in [7, 11) is 1.59. The Morgan fingerprint density at radius 3 is 2.37 bits per heavy atom. The highest BCUT2D eigenvalue weighted by molar-refractivity contribution is 9.10. The summed E-state index contributed by atoms with van der Waals surface area (Å²) in [6, 6.07) is 21.6. The van der Waals surface area contributed by atoms with Crippen LogP contribution in [0.4, 0.5) is 5.69 Å². The number of carbonyl (C=O) groups is 1. The number of nitrogens with one attached hydrogen (secondary N) is 1. The number of rotatable bonds is 6. The third kappa shape index (κ3) is 5.02. The zero-order valence-corrected chi connectivity index (χ0v) is 16.8. The van der Waals surface area contributed by atoms with Crippen LogP contribution >= 0.6 is 27.5 Å². The van der Waals surface area contributed by atoms with Gasteiger partial charge in [0.15, 0.2) is 0 Å². The molecule has 6 heteroatoms. The van der Waals surface area contributed by atoms with Crippen molar-refractivity contribution in [1.82, 2.24) is 0 Å². The Bertz CT molecular complexity index is 916. The van der Waals surface area contributed by atoms with Crippen molar-refractivity contribution in [3.05, 3.63) is 87.9 Å². The second-order valence-corrected chi connectivity index (χ2v) is 6.99. The fraction of sp³-hybridized carbons (Fsp3) is 0.0952. The van der Waals surface area contributed by atoms with Crippen molar-refractivity contribution in [2.24, 2.45) is 0 Å². The monoisotopic (exact) mass is 445 g/mol. The number of amides is 1. The molecule has 0 saturated carbocycles. The summed E-state index contributed by atoms with van der Waals surface area (Å²) in [6.07, 6.45) is -0.828. The van der Waals surface area contributed by atoms with E-state index in [1.165, 1.54) is 0 Å². The Morgan fingerprint density at radius 1 is 1.04 bits per heavy atom. The van der Waals surface area contributed by atoms with Crippen LogP contribution < -0.4 is 14.8 Å². The number of anilines is 1. The molecule has 1 N–H and O–H groups in total. The maximum atomic E-state index is 12.9. The lowest BCUT2D eigenvalue weighted by Gasteiger charge is -2.20. The molecule has 0 radical (unpaired) electrons. The van der Waals surface area contributed by atoms with Gasteiger partial charge in [0.2, 0.25) is 6.10 Å². The van der Waals surface area contributed by atoms with Crippen LogP contribution in [0.3, 0.4) is 0 Å². The molecule has 0 heterocycles. The lowest BCUT2D eigenvalue weighted by atomic mass is 10.1. The predicted molar refractivity (Wildman–Crippen MR) is 111 cm³/mol. The van der Waals surface area contributed by atoms with Crippen molar-refractivity contribution in [2.75, 3.05) is 12.4 Å². The van der Waals surface area contributed by atoms with E-state index >= 15 is 0 Å². The highest BCUT2D eigenvalue weighted by Crippen LogP contribution is 2.32. The highest BCUT2D eigenvalue weighted by Gasteiger charge is 2.23. The van der Waals surface area contributed by atoms with E-state index in [9.17, 15) is 4.79 Å². The fourth-order valence-electron chi connectivity index (χ4n) is 2.48. The normalized spacial score (nSPS) is 11.5. The van der Waals surface area contributed by atoms with Crippen LogP contribution in [0.25, 0.3) is 0 Å². The number of benzene rings is 3. The standard InChI is InChI=1S/C21H17BrClNO3/c1-26-17-10-8-16(9-11-17)24-21(25)20(14-5-3-2-4-6-14)27-19-12-7-15(23)13-18(19)22/h2-13,20H,1H3,(H,24,25)/t20-/m1/s1. The topological polar surface area (TPSA) is 47.6 Å². The molecule has 0 fully saturated rings. The van der Waals surface area contributed by atoms with Gasteiger partial charge in [-0.05, 0) is 58.4 Å². The second kappa shape index (κ2) is 8.93. The summed E-state index contributed by atoms with van der Waals surface area (Å²) in [6.45, 7) is 0. The Balaban J connectivity index is 1.85. The molecule has 0 aliphatic carbocycles. The Morgan fingerprint density at radius 2 is 1.74 bits per heavy atom. The summed E-state index contributed by atoms with van der Waals surface area (Å²) in [5.41, 5.74) is 1.39. The number of carbonyl (C=O) groups excluding carboxylic acids is 1. The SMILES string of the molecule is COc1ccc(NC(=O)[C@H](Oc2ccc(Cl)cc2Br)c2ccccc2)cc1. The van der Waals surface area contributed by atoms with Crippen LogP contribution in [-0.2, 0) is 4.79 Å². The van der Waals surface area contributed by atoms with E-state index in [0.29, 0.717) is 26.7 Å². The molecule has 0 unspecified atom stereocenters. The molecule has 0 aliphatic rings. The second-order valence-electron chi connectivity index (χ2n) is 5.70. The van der Waals surface area contributed by atoms with Gasteiger partial charge in [0.1, 0.15) is 11.5 Å². The number of halogens is 2. The van der Waals surface area contributed by atoms with Crippen molar-refractivity contribution in [3.63, 3.8) is 0 Å². The molecular formula is C21H17BrClNO3. The van der Waals surface area contributed by atoms with Crippen molar-refractivity contribution in [1.29, 1.82) is 0 Å². The minimum atomic E-state index is -0.828. The van der Waals surface area contributed by atoms with E-state index in [2.05, 4.69) is 21.2 Å². The largest absolute Gasteiger partial charge is 0.497 e.